The minimum Gasteiger partial charge on any atom is -0.480 e. The number of piperidine rings is 1. The molecule has 0 saturated carbocycles. The summed E-state index contributed by atoms with van der Waals surface area (Å²) in [6.07, 6.45) is 8.57. The molecule has 3 unspecified atom stereocenters. The SMILES string of the molecule is CC(NC(=O)C(NC=O)C(C)C)C(=O)N1CCCC(C(=O)O)N1.CCc1ccc2ccc(/C=C/C3(C)CCN(C(=O)OC(C)(C)C)CC3)cc2n1. The van der Waals surface area contributed by atoms with Gasteiger partial charge >= 0.3 is 12.1 Å². The minimum atomic E-state index is -1.02. The molecule has 4 amide bonds. The van der Waals surface area contributed by atoms with E-state index in [2.05, 4.69) is 72.4 Å². The van der Waals surface area contributed by atoms with Crippen LogP contribution in [-0.2, 0) is 30.3 Å². The number of amides is 4. The first-order valence-corrected chi connectivity index (χ1v) is 17.8. The molecule has 1 aromatic heterocycles. The lowest BCUT2D eigenvalue weighted by Gasteiger charge is -2.38. The molecule has 2 aliphatic heterocycles. The maximum Gasteiger partial charge on any atom is 0.410 e. The maximum absolute atomic E-state index is 12.3. The summed E-state index contributed by atoms with van der Waals surface area (Å²) < 4.78 is 5.50. The second-order valence-corrected chi connectivity index (χ2v) is 15.0. The van der Waals surface area contributed by atoms with E-state index in [4.69, 9.17) is 14.8 Å². The van der Waals surface area contributed by atoms with Gasteiger partial charge in [-0.15, -0.1) is 0 Å². The van der Waals surface area contributed by atoms with Gasteiger partial charge in [0.15, 0.2) is 0 Å². The molecule has 2 aliphatic rings. The lowest BCUT2D eigenvalue weighted by atomic mass is 9.80. The van der Waals surface area contributed by atoms with Crippen LogP contribution in [0, 0.1) is 11.3 Å². The Kier molecular flexibility index (Phi) is 14.5. The zero-order valence-electron chi connectivity index (χ0n) is 31.3. The van der Waals surface area contributed by atoms with Crippen LogP contribution in [0.15, 0.2) is 36.4 Å². The van der Waals surface area contributed by atoms with Crippen molar-refractivity contribution in [2.75, 3.05) is 19.6 Å². The van der Waals surface area contributed by atoms with Crippen molar-refractivity contribution in [3.8, 4) is 0 Å². The zero-order chi connectivity index (χ0) is 37.9. The highest BCUT2D eigenvalue weighted by molar-refractivity contribution is 5.90. The fourth-order valence-electron chi connectivity index (χ4n) is 5.83. The predicted octanol–water partition coefficient (Wildman–Crippen LogP) is 4.69. The number of fused-ring (bicyclic) bond motifs is 1. The van der Waals surface area contributed by atoms with Crippen molar-refractivity contribution in [2.45, 2.75) is 111 Å². The van der Waals surface area contributed by atoms with Crippen LogP contribution in [-0.4, -0.2) is 93.6 Å². The predicted molar refractivity (Wildman–Crippen MR) is 196 cm³/mol. The summed E-state index contributed by atoms with van der Waals surface area (Å²) in [4.78, 5) is 64.8. The van der Waals surface area contributed by atoms with Gasteiger partial charge in [0.2, 0.25) is 12.3 Å². The number of hydrogen-bond donors (Lipinski definition) is 4. The number of carbonyl (C=O) groups excluding carboxylic acids is 4. The first kappa shape index (κ1) is 40.9. The van der Waals surface area contributed by atoms with Gasteiger partial charge in [-0.2, -0.15) is 0 Å². The van der Waals surface area contributed by atoms with Gasteiger partial charge in [-0.05, 0) is 88.8 Å². The molecule has 2 saturated heterocycles. The summed E-state index contributed by atoms with van der Waals surface area (Å²) in [6, 6.07) is 8.29. The number of rotatable bonds is 10. The summed E-state index contributed by atoms with van der Waals surface area (Å²) >= 11 is 0. The molecule has 2 aromatic rings. The Labute approximate surface area is 301 Å². The topological polar surface area (TPSA) is 170 Å². The van der Waals surface area contributed by atoms with Crippen molar-refractivity contribution in [2.24, 2.45) is 11.3 Å². The van der Waals surface area contributed by atoms with E-state index < -0.39 is 41.5 Å². The van der Waals surface area contributed by atoms with Crippen LogP contribution >= 0.6 is 0 Å². The molecule has 280 valence electrons. The number of benzene rings is 1. The molecule has 0 spiro atoms. The van der Waals surface area contributed by atoms with Gasteiger partial charge in [-0.1, -0.05) is 58.0 Å². The number of allylic oxidation sites excluding steroid dienone is 1. The lowest BCUT2D eigenvalue weighted by molar-refractivity contribution is -0.148. The van der Waals surface area contributed by atoms with E-state index >= 15 is 0 Å². The average Bonchev–Trinajstić information content (AvgIpc) is 3.08. The molecule has 3 heterocycles. The van der Waals surface area contributed by atoms with Gasteiger partial charge < -0.3 is 25.4 Å². The second kappa shape index (κ2) is 18.1. The van der Waals surface area contributed by atoms with Gasteiger partial charge in [0.25, 0.3) is 5.91 Å². The van der Waals surface area contributed by atoms with Crippen molar-refractivity contribution in [1.29, 1.82) is 0 Å². The zero-order valence-corrected chi connectivity index (χ0v) is 31.3. The fourth-order valence-corrected chi connectivity index (χ4v) is 5.83. The molecule has 3 atom stereocenters. The Balaban J connectivity index is 0.000000282. The summed E-state index contributed by atoms with van der Waals surface area (Å²) in [5.74, 6) is -2.03. The van der Waals surface area contributed by atoms with E-state index in [0.717, 1.165) is 43.6 Å². The third-order valence-corrected chi connectivity index (χ3v) is 9.05. The van der Waals surface area contributed by atoms with Crippen molar-refractivity contribution in [3.05, 3.63) is 47.7 Å². The second-order valence-electron chi connectivity index (χ2n) is 15.0. The molecule has 2 fully saturated rings. The van der Waals surface area contributed by atoms with Crippen LogP contribution in [0.1, 0.15) is 92.3 Å². The number of carboxylic acid groups (broad SMARTS) is 1. The van der Waals surface area contributed by atoms with Gasteiger partial charge in [0, 0.05) is 30.7 Å². The number of likely N-dealkylation sites (tertiary alicyclic amines) is 1. The highest BCUT2D eigenvalue weighted by atomic mass is 16.6. The number of carbonyl (C=O) groups is 5. The Morgan fingerprint density at radius 1 is 1.10 bits per heavy atom. The van der Waals surface area contributed by atoms with Crippen LogP contribution in [0.4, 0.5) is 4.79 Å². The number of pyridine rings is 1. The molecular weight excluding hydrogens is 652 g/mol. The normalized spacial score (nSPS) is 18.7. The molecule has 0 aliphatic carbocycles. The van der Waals surface area contributed by atoms with Crippen LogP contribution in [0.25, 0.3) is 17.0 Å². The molecule has 13 nitrogen and oxygen atoms in total. The highest BCUT2D eigenvalue weighted by Crippen LogP contribution is 2.34. The molecule has 1 aromatic carbocycles. The van der Waals surface area contributed by atoms with E-state index in [0.29, 0.717) is 25.8 Å². The van der Waals surface area contributed by atoms with E-state index in [-0.39, 0.29) is 17.4 Å². The number of hydrazine groups is 1. The van der Waals surface area contributed by atoms with Crippen molar-refractivity contribution < 1.29 is 33.8 Å². The molecule has 13 heteroatoms. The first-order chi connectivity index (χ1) is 23.9. The van der Waals surface area contributed by atoms with Gasteiger partial charge in [-0.3, -0.25) is 29.2 Å². The van der Waals surface area contributed by atoms with Crippen LogP contribution < -0.4 is 16.1 Å². The molecule has 51 heavy (non-hydrogen) atoms. The van der Waals surface area contributed by atoms with Gasteiger partial charge in [-0.25, -0.2) is 10.2 Å². The first-order valence-electron chi connectivity index (χ1n) is 17.8. The Hall–Kier alpha value is -4.52. The van der Waals surface area contributed by atoms with Crippen molar-refractivity contribution in [3.63, 3.8) is 0 Å². The molecule has 4 N–H and O–H groups in total. The van der Waals surface area contributed by atoms with E-state index in [9.17, 15) is 24.0 Å². The average molecular weight is 709 g/mol. The number of carboxylic acids is 1. The summed E-state index contributed by atoms with van der Waals surface area (Å²) in [5.41, 5.74) is 5.63. The largest absolute Gasteiger partial charge is 0.480 e. The summed E-state index contributed by atoms with van der Waals surface area (Å²) in [5, 5.41) is 16.4. The Morgan fingerprint density at radius 3 is 2.35 bits per heavy atom. The molecule has 0 bridgehead atoms. The smallest absolute Gasteiger partial charge is 0.410 e. The quantitative estimate of drug-likeness (QED) is 0.256. The number of nitrogens with one attached hydrogen (secondary N) is 3. The Bertz CT molecular complexity index is 1560. The molecule has 0 radical (unpaired) electrons. The molecule has 4 rings (SSSR count). The van der Waals surface area contributed by atoms with Gasteiger partial charge in [0.05, 0.1) is 5.52 Å². The number of aliphatic carboxylic acids is 1. The van der Waals surface area contributed by atoms with Crippen molar-refractivity contribution >= 4 is 47.3 Å². The van der Waals surface area contributed by atoms with E-state index in [1.54, 1.807) is 13.8 Å². The number of aryl methyl sites for hydroxylation is 1. The number of nitrogens with zero attached hydrogens (tertiary/aromatic N) is 3. The van der Waals surface area contributed by atoms with E-state index in [1.165, 1.54) is 22.9 Å². The summed E-state index contributed by atoms with van der Waals surface area (Å²) in [7, 11) is 0. The third kappa shape index (κ3) is 12.3. The standard InChI is InChI=1S/C24H32N2O2.C14H24N4O5/c1-6-20-10-9-19-8-7-18(17-21(19)25-20)11-12-24(5)13-15-26(16-14-24)22(27)28-23(2,3)4;1-8(2)11(15-7-19)12(20)16-9(3)13(21)18-6-4-5-10(17-18)14(22)23/h7-12,17H,6,13-16H2,1-5H3;7-11,17H,4-6H2,1-3H3,(H,15,19)(H,16,20)(H,22,23)/b12-11+;. The number of hydrogen-bond acceptors (Lipinski definition) is 8. The number of ether oxygens (including phenoxy) is 1. The fraction of sp³-hybridized carbons (Fsp3) is 0.579. The van der Waals surface area contributed by atoms with Crippen LogP contribution in [0.2, 0.25) is 0 Å². The van der Waals surface area contributed by atoms with Crippen LogP contribution in [0.5, 0.6) is 0 Å². The van der Waals surface area contributed by atoms with Crippen LogP contribution in [0.3, 0.4) is 0 Å². The summed E-state index contributed by atoms with van der Waals surface area (Å²) in [6.45, 7) is 17.0. The third-order valence-electron chi connectivity index (χ3n) is 9.05. The molecular formula is C38H56N6O7. The monoisotopic (exact) mass is 708 g/mol. The van der Waals surface area contributed by atoms with Crippen molar-refractivity contribution in [1.82, 2.24) is 31.0 Å². The Morgan fingerprint density at radius 2 is 1.76 bits per heavy atom. The van der Waals surface area contributed by atoms with E-state index in [1.807, 2.05) is 25.7 Å². The number of aromatic nitrogens is 1. The maximum atomic E-state index is 12.3. The highest BCUT2D eigenvalue weighted by Gasteiger charge is 2.33. The minimum absolute atomic E-state index is 0.0894. The van der Waals surface area contributed by atoms with Gasteiger partial charge in [0.1, 0.15) is 23.7 Å². The lowest BCUT2D eigenvalue weighted by Crippen LogP contribution is -2.60.